The van der Waals surface area contributed by atoms with Gasteiger partial charge in [0.15, 0.2) is 0 Å². The third-order valence-corrected chi connectivity index (χ3v) is 19.9. The van der Waals surface area contributed by atoms with Crippen molar-refractivity contribution < 1.29 is 148 Å². The lowest BCUT2D eigenvalue weighted by Gasteiger charge is -2.29. The summed E-state index contributed by atoms with van der Waals surface area (Å²) in [5.74, 6) is -2.19. The molecule has 0 saturated heterocycles. The molecule has 4 aromatic carbocycles. The Kier molecular flexibility index (Phi) is 64.8. The molecule has 0 unspecified atom stereocenters. The molecule has 1 fully saturated rings. The van der Waals surface area contributed by atoms with Gasteiger partial charge in [-0.1, -0.05) is 103 Å². The van der Waals surface area contributed by atoms with E-state index in [2.05, 4.69) is 45.5 Å². The average Bonchev–Trinajstić information content (AvgIpc) is 1.62. The van der Waals surface area contributed by atoms with Gasteiger partial charge in [-0.2, -0.15) is 0 Å². The topological polar surface area (TPSA) is 384 Å². The smallest absolute Gasteiger partial charge is 0.407 e. The van der Waals surface area contributed by atoms with Crippen molar-refractivity contribution in [3.8, 4) is 11.1 Å². The summed E-state index contributed by atoms with van der Waals surface area (Å²) in [4.78, 5) is 63.7. The molecule has 1 atom stereocenters. The fraction of sp³-hybridized carbons (Fsp3) is 0.678. The van der Waals surface area contributed by atoms with Crippen LogP contribution in [-0.2, 0) is 139 Å². The molecule has 0 spiro atoms. The molecule has 2 aliphatic carbocycles. The number of benzene rings is 4. The molecule has 6 rings (SSSR count). The van der Waals surface area contributed by atoms with Crippen LogP contribution in [0, 0.1) is 5.41 Å². The summed E-state index contributed by atoms with van der Waals surface area (Å²) >= 11 is 12.3. The van der Waals surface area contributed by atoms with Crippen molar-refractivity contribution in [3.63, 3.8) is 0 Å². The number of carboxylic acid groups (broad SMARTS) is 1. The Morgan fingerprint density at radius 3 is 0.969 bits per heavy atom. The van der Waals surface area contributed by atoms with Gasteiger partial charge in [0.05, 0.1) is 338 Å². The normalized spacial score (nSPS) is 13.1. The zero-order valence-corrected chi connectivity index (χ0v) is 75.3. The largest absolute Gasteiger partial charge is 0.480 e. The minimum Gasteiger partial charge on any atom is -0.480 e. The number of nitrogens with one attached hydrogen (secondary N) is 4. The van der Waals surface area contributed by atoms with Crippen LogP contribution in [-0.4, -0.2) is 378 Å². The highest BCUT2D eigenvalue weighted by Gasteiger charge is 2.42. The first-order chi connectivity index (χ1) is 62.5. The molecule has 1 saturated carbocycles. The Bertz CT molecular complexity index is 3370. The molecular formula is C90H138Cl2N4O31. The first-order valence-electron chi connectivity index (χ1n) is 44.1. The predicted molar refractivity (Wildman–Crippen MR) is 470 cm³/mol. The number of aliphatic carboxylic acids is 1. The zero-order chi connectivity index (χ0) is 89.9. The van der Waals surface area contributed by atoms with Gasteiger partial charge in [-0.25, -0.2) is 9.59 Å². The minimum atomic E-state index is -1.19. The number of anilines is 1. The van der Waals surface area contributed by atoms with Crippen LogP contribution in [0.5, 0.6) is 0 Å². The van der Waals surface area contributed by atoms with Gasteiger partial charge in [-0.05, 0) is 71.3 Å². The van der Waals surface area contributed by atoms with Crippen molar-refractivity contribution in [2.75, 3.05) is 342 Å². The van der Waals surface area contributed by atoms with Gasteiger partial charge in [0, 0.05) is 37.5 Å². The first-order valence-corrected chi connectivity index (χ1v) is 44.9. The van der Waals surface area contributed by atoms with Crippen molar-refractivity contribution >= 4 is 58.7 Å². The van der Waals surface area contributed by atoms with E-state index in [-0.39, 0.29) is 65.9 Å². The Labute approximate surface area is 757 Å². The maximum atomic E-state index is 13.7. The number of carbonyl (C=O) groups is 5. The molecule has 4 aromatic rings. The van der Waals surface area contributed by atoms with E-state index < -0.39 is 29.4 Å². The van der Waals surface area contributed by atoms with Crippen LogP contribution in [0.15, 0.2) is 91.0 Å². The molecule has 0 aliphatic heterocycles. The summed E-state index contributed by atoms with van der Waals surface area (Å²) in [5.41, 5.74) is 5.18. The molecule has 4 amide bonds. The van der Waals surface area contributed by atoms with Gasteiger partial charge >= 0.3 is 12.1 Å². The molecule has 35 nitrogen and oxygen atoms in total. The van der Waals surface area contributed by atoms with Gasteiger partial charge in [-0.3, -0.25) is 14.4 Å². The molecule has 2 aliphatic rings. The lowest BCUT2D eigenvalue weighted by Crippen LogP contribution is -2.49. The minimum absolute atomic E-state index is 0.0217. The molecule has 0 heterocycles. The second-order valence-electron chi connectivity index (χ2n) is 28.6. The number of rotatable bonds is 87. The van der Waals surface area contributed by atoms with E-state index in [1.54, 1.807) is 42.5 Å². The number of hydrogen-bond acceptors (Lipinski definition) is 30. The van der Waals surface area contributed by atoms with Crippen LogP contribution in [0.4, 0.5) is 10.5 Å². The Morgan fingerprint density at radius 2 is 0.654 bits per heavy atom. The highest BCUT2D eigenvalue weighted by molar-refractivity contribution is 6.40. The number of carboxylic acids is 1. The highest BCUT2D eigenvalue weighted by Crippen LogP contribution is 2.45. The van der Waals surface area contributed by atoms with Gasteiger partial charge < -0.3 is 145 Å². The number of hydrogen-bond donors (Lipinski definition) is 5. The molecular weight excluding hydrogens is 1700 g/mol. The van der Waals surface area contributed by atoms with Crippen LogP contribution < -0.4 is 21.3 Å². The summed E-state index contributed by atoms with van der Waals surface area (Å²) < 4.78 is 139. The third kappa shape index (κ3) is 53.1. The van der Waals surface area contributed by atoms with Crippen molar-refractivity contribution in [1.82, 2.24) is 16.0 Å². The Balaban J connectivity index is 0.535. The van der Waals surface area contributed by atoms with Crippen LogP contribution in [0.3, 0.4) is 0 Å². The zero-order valence-electron chi connectivity index (χ0n) is 73.8. The number of halogens is 2. The average molecular weight is 1840 g/mol. The standard InChI is InChI=1S/C90H138Cl2N4O31/c91-81-12-7-13-82(92)85(81)86(98)95-75-16-14-74(15-17-75)72-83(87(99)100)96-88(101)90(19-5-6-20-90)21-22-93-84(97)18-24-103-26-28-105-30-32-107-34-36-109-38-40-111-42-44-113-46-48-115-50-52-117-54-56-119-58-60-121-62-64-123-66-68-125-70-71-126-69-67-124-65-63-122-61-59-120-57-55-118-53-51-116-49-47-114-45-43-112-41-39-110-37-35-108-33-31-106-29-27-104-25-23-94-89(102)127-73-80-78-10-3-1-8-76(78)77-9-2-4-11-79(77)80/h1-4,7-17,80,83H,5-6,18-73H2,(H,93,97)(H,94,102)(H,95,98)(H,96,101)(H,99,100)/t83-/m0/s1. The second-order valence-corrected chi connectivity index (χ2v) is 29.4. The van der Waals surface area contributed by atoms with Gasteiger partial charge in [0.1, 0.15) is 12.6 Å². The number of amides is 4. The molecule has 0 radical (unpaired) electrons. The van der Waals surface area contributed by atoms with Gasteiger partial charge in [0.2, 0.25) is 11.8 Å². The molecule has 0 aromatic heterocycles. The number of ether oxygens (including phenoxy) is 25. The van der Waals surface area contributed by atoms with Crippen molar-refractivity contribution in [2.45, 2.75) is 56.9 Å². The summed E-state index contributed by atoms with van der Waals surface area (Å²) in [6.07, 6.45) is 2.90. The summed E-state index contributed by atoms with van der Waals surface area (Å²) in [7, 11) is 0. The van der Waals surface area contributed by atoms with E-state index in [4.69, 9.17) is 142 Å². The first kappa shape index (κ1) is 109. The number of fused-ring (bicyclic) bond motifs is 3. The SMILES string of the molecule is O=C(CCOCCOCCOCCOCCOCCOCCOCCOCCOCCOCCOCCOCCOCCOCCOCCOCCOCCOCCOCCOCCOCCOCCOCCOCCNC(=O)OCC1c2ccccc2-c2ccccc21)NCCC1(C(=O)N[C@@H](Cc2ccc(NC(=O)c3c(Cl)cccc3Cl)cc2)C(=O)O)CCCC1. The van der Waals surface area contributed by atoms with Crippen molar-refractivity contribution in [2.24, 2.45) is 5.41 Å². The number of alkyl carbamates (subject to hydrolysis) is 1. The molecule has 718 valence electrons. The lowest BCUT2D eigenvalue weighted by molar-refractivity contribution is -0.144. The quantitative estimate of drug-likeness (QED) is 0.0264. The van der Waals surface area contributed by atoms with E-state index in [1.165, 1.54) is 22.3 Å². The number of carbonyl (C=O) groups excluding carboxylic acids is 4. The molecule has 5 N–H and O–H groups in total. The van der Waals surface area contributed by atoms with Crippen LogP contribution in [0.2, 0.25) is 10.0 Å². The summed E-state index contributed by atoms with van der Waals surface area (Å²) in [6.45, 7) is 22.0. The van der Waals surface area contributed by atoms with Crippen molar-refractivity contribution in [1.29, 1.82) is 0 Å². The van der Waals surface area contributed by atoms with Crippen LogP contribution in [0.1, 0.15) is 71.5 Å². The Hall–Kier alpha value is -6.35. The Morgan fingerprint density at radius 1 is 0.354 bits per heavy atom. The van der Waals surface area contributed by atoms with E-state index in [0.29, 0.717) is 348 Å². The maximum Gasteiger partial charge on any atom is 0.407 e. The fourth-order valence-corrected chi connectivity index (χ4v) is 13.3. The van der Waals surface area contributed by atoms with Crippen molar-refractivity contribution in [3.05, 3.63) is 123 Å². The molecule has 0 bridgehead atoms. The summed E-state index contributed by atoms with van der Waals surface area (Å²) in [5, 5.41) is 21.6. The maximum absolute atomic E-state index is 13.7. The molecule has 127 heavy (non-hydrogen) atoms. The van der Waals surface area contributed by atoms with E-state index in [1.807, 2.05) is 24.3 Å². The highest BCUT2D eigenvalue weighted by atomic mass is 35.5. The van der Waals surface area contributed by atoms with Gasteiger partial charge in [-0.15, -0.1) is 0 Å². The second kappa shape index (κ2) is 75.2. The van der Waals surface area contributed by atoms with Gasteiger partial charge in [0.25, 0.3) is 5.91 Å². The van der Waals surface area contributed by atoms with E-state index >= 15 is 0 Å². The predicted octanol–water partition coefficient (Wildman–Crippen LogP) is 7.75. The van der Waals surface area contributed by atoms with Crippen LogP contribution in [0.25, 0.3) is 11.1 Å². The fourth-order valence-electron chi connectivity index (χ4n) is 12.8. The van der Waals surface area contributed by atoms with E-state index in [9.17, 15) is 29.1 Å². The summed E-state index contributed by atoms with van der Waals surface area (Å²) in [6, 6.07) is 26.7. The molecule has 37 heteroatoms. The van der Waals surface area contributed by atoms with E-state index in [0.717, 1.165) is 12.8 Å². The lowest BCUT2D eigenvalue weighted by atomic mass is 9.81. The monoisotopic (exact) mass is 1840 g/mol. The third-order valence-electron chi connectivity index (χ3n) is 19.3. The van der Waals surface area contributed by atoms with Crippen LogP contribution >= 0.6 is 23.2 Å².